The van der Waals surface area contributed by atoms with Gasteiger partial charge in [0.25, 0.3) is 0 Å². The number of nitrogens with two attached hydrogens (primary N) is 1. The summed E-state index contributed by atoms with van der Waals surface area (Å²) in [6.45, 7) is 3.86. The summed E-state index contributed by atoms with van der Waals surface area (Å²) >= 11 is 0. The number of hydrogen-bond acceptors (Lipinski definition) is 6. The first-order valence-electron chi connectivity index (χ1n) is 7.25. The van der Waals surface area contributed by atoms with E-state index in [2.05, 4.69) is 9.97 Å². The number of anilines is 1. The van der Waals surface area contributed by atoms with Crippen molar-refractivity contribution in [2.45, 2.75) is 37.9 Å². The molecule has 0 spiro atoms. The molecule has 1 aliphatic heterocycles. The first-order chi connectivity index (χ1) is 10.4. The van der Waals surface area contributed by atoms with Crippen LogP contribution >= 0.6 is 0 Å². The fourth-order valence-corrected chi connectivity index (χ4v) is 3.10. The molecular weight excluding hydrogens is 272 g/mol. The Kier molecular flexibility index (Phi) is 3.06. The van der Waals surface area contributed by atoms with Gasteiger partial charge in [-0.15, -0.1) is 0 Å². The van der Waals surface area contributed by atoms with Gasteiger partial charge in [-0.25, -0.2) is 9.97 Å². The average molecular weight is 294 g/mol. The van der Waals surface area contributed by atoms with Gasteiger partial charge in [-0.3, -0.25) is 0 Å². The Balaban J connectivity index is 2.17. The van der Waals surface area contributed by atoms with Crippen molar-refractivity contribution in [2.75, 3.05) is 20.0 Å². The summed E-state index contributed by atoms with van der Waals surface area (Å²) in [5.74, 6) is 0.280. The van der Waals surface area contributed by atoms with Crippen LogP contribution in [0, 0.1) is 0 Å². The van der Waals surface area contributed by atoms with Crippen molar-refractivity contribution in [3.8, 4) is 0 Å². The molecule has 4 atom stereocenters. The lowest BCUT2D eigenvalue weighted by Crippen LogP contribution is -2.46. The number of fused-ring (bicyclic) bond motifs is 1. The largest absolute Gasteiger partial charge is 0.383 e. The van der Waals surface area contributed by atoms with Gasteiger partial charge in [0.2, 0.25) is 0 Å². The maximum Gasteiger partial charge on any atom is 0.167 e. The van der Waals surface area contributed by atoms with Gasteiger partial charge in [0, 0.05) is 20.4 Å². The summed E-state index contributed by atoms with van der Waals surface area (Å²) in [5.41, 5.74) is 5.70. The third-order valence-corrected chi connectivity index (χ3v) is 4.22. The zero-order valence-corrected chi connectivity index (χ0v) is 12.5. The van der Waals surface area contributed by atoms with Gasteiger partial charge in [-0.1, -0.05) is 0 Å². The molecule has 0 amide bonds. The van der Waals surface area contributed by atoms with Crippen LogP contribution in [0.1, 0.15) is 21.4 Å². The summed E-state index contributed by atoms with van der Waals surface area (Å²) in [7, 11) is 3.26. The van der Waals surface area contributed by atoms with Gasteiger partial charge < -0.3 is 24.5 Å². The first kappa shape index (κ1) is 13.0. The van der Waals surface area contributed by atoms with Crippen molar-refractivity contribution in [3.05, 3.63) is 18.6 Å². The van der Waals surface area contributed by atoms with Gasteiger partial charge in [0.15, 0.2) is 6.23 Å². The van der Waals surface area contributed by atoms with Crippen molar-refractivity contribution >= 4 is 16.9 Å². The van der Waals surface area contributed by atoms with Crippen molar-refractivity contribution < 1.29 is 15.6 Å². The van der Waals surface area contributed by atoms with E-state index in [0.717, 1.165) is 0 Å². The number of ether oxygens (including phenoxy) is 3. The van der Waals surface area contributed by atoms with E-state index in [9.17, 15) is 0 Å². The molecule has 2 aromatic rings. The predicted octanol–water partition coefficient (Wildman–Crippen LogP) is 1.35. The van der Waals surface area contributed by atoms with Gasteiger partial charge in [-0.2, -0.15) is 0 Å². The number of nitrogens with zero attached hydrogens (tertiary/aromatic N) is 3. The molecule has 0 aromatic carbocycles. The zero-order chi connectivity index (χ0) is 16.1. The average Bonchev–Trinajstić information content (AvgIpc) is 2.95. The van der Waals surface area contributed by atoms with Crippen LogP contribution in [0.4, 0.5) is 5.82 Å². The molecule has 0 saturated carbocycles. The van der Waals surface area contributed by atoms with Crippen LogP contribution in [0.25, 0.3) is 11.0 Å². The summed E-state index contributed by atoms with van der Waals surface area (Å²) in [6, 6.07) is 0.253. The molecule has 1 saturated heterocycles. The number of aromatic nitrogens is 3. The van der Waals surface area contributed by atoms with Crippen molar-refractivity contribution in [2.24, 2.45) is 0 Å². The van der Waals surface area contributed by atoms with Gasteiger partial charge in [0.1, 0.15) is 29.5 Å². The van der Waals surface area contributed by atoms with E-state index >= 15 is 0 Å². The van der Waals surface area contributed by atoms with E-state index < -0.39 is 11.8 Å². The lowest BCUT2D eigenvalue weighted by Gasteiger charge is -2.33. The van der Waals surface area contributed by atoms with Crippen LogP contribution in [0.15, 0.2) is 18.6 Å². The molecule has 21 heavy (non-hydrogen) atoms. The summed E-state index contributed by atoms with van der Waals surface area (Å²) in [4.78, 5) is 8.21. The Labute approximate surface area is 124 Å². The van der Waals surface area contributed by atoms with Gasteiger partial charge in [-0.05, 0) is 19.9 Å². The second kappa shape index (κ2) is 4.94. The number of nitrogen functional groups attached to an aromatic ring is 1. The van der Waals surface area contributed by atoms with Crippen molar-refractivity contribution in [1.29, 1.82) is 0 Å². The molecule has 2 aromatic heterocycles. The standard InChI is InChI=1S/C14H20N4O3/c1-8-10(19-3)14(2,20-4)13(21-8)18-6-5-9-11(15)16-7-17-12(9)18/h5-8,10,13H,1-4H3,(H2,15,16,17)/t8?,10?,13?,14-/m1/s1/i5T. The van der Waals surface area contributed by atoms with E-state index in [1.54, 1.807) is 25.0 Å². The molecule has 7 nitrogen and oxygen atoms in total. The molecule has 0 aliphatic carbocycles. The monoisotopic (exact) mass is 294 g/mol. The molecule has 0 bridgehead atoms. The maximum atomic E-state index is 8.11. The first-order valence-corrected chi connectivity index (χ1v) is 6.75. The van der Waals surface area contributed by atoms with Crippen molar-refractivity contribution in [1.82, 2.24) is 14.5 Å². The summed E-state index contributed by atoms with van der Waals surface area (Å²) in [5, 5.41) is 0.512. The number of rotatable bonds is 3. The lowest BCUT2D eigenvalue weighted by molar-refractivity contribution is -0.125. The summed E-state index contributed by atoms with van der Waals surface area (Å²) < 4.78 is 27.2. The number of methoxy groups -OCH3 is 2. The fraction of sp³-hybridized carbons (Fsp3) is 0.571. The normalized spacial score (nSPS) is 33.5. The van der Waals surface area contributed by atoms with Crippen LogP contribution in [-0.2, 0) is 14.2 Å². The highest BCUT2D eigenvalue weighted by Crippen LogP contribution is 2.43. The van der Waals surface area contributed by atoms with Crippen molar-refractivity contribution in [3.63, 3.8) is 0 Å². The second-order valence-electron chi connectivity index (χ2n) is 5.38. The molecule has 0 radical (unpaired) electrons. The molecule has 3 unspecified atom stereocenters. The highest BCUT2D eigenvalue weighted by molar-refractivity contribution is 5.86. The van der Waals surface area contributed by atoms with Crippen LogP contribution in [0.3, 0.4) is 0 Å². The van der Waals surface area contributed by atoms with E-state index in [4.69, 9.17) is 21.3 Å². The smallest absolute Gasteiger partial charge is 0.167 e. The van der Waals surface area contributed by atoms with Crippen LogP contribution in [0.5, 0.6) is 0 Å². The Hall–Kier alpha value is -1.70. The van der Waals surface area contributed by atoms with Gasteiger partial charge in [0.05, 0.1) is 12.9 Å². The topological polar surface area (TPSA) is 84.4 Å². The number of hydrogen-bond donors (Lipinski definition) is 1. The zero-order valence-electron chi connectivity index (χ0n) is 13.5. The van der Waals surface area contributed by atoms with E-state index in [1.807, 2.05) is 13.8 Å². The SMILES string of the molecule is [3H]c1cn(C2OC(C)C(OC)[C@@]2(C)OC)c2ncnc(N)c12. The Morgan fingerprint density at radius 2 is 2.24 bits per heavy atom. The van der Waals surface area contributed by atoms with Crippen LogP contribution in [0.2, 0.25) is 0 Å². The maximum absolute atomic E-state index is 8.11. The molecule has 3 rings (SSSR count). The molecule has 1 aliphatic rings. The minimum Gasteiger partial charge on any atom is -0.383 e. The molecule has 7 heteroatoms. The van der Waals surface area contributed by atoms with E-state index in [1.165, 1.54) is 6.33 Å². The molecule has 114 valence electrons. The highest BCUT2D eigenvalue weighted by atomic mass is 16.6. The highest BCUT2D eigenvalue weighted by Gasteiger charge is 2.54. The third kappa shape index (κ3) is 1.92. The minimum atomic E-state index is -0.716. The minimum absolute atomic E-state index is 0.161. The predicted molar refractivity (Wildman–Crippen MR) is 77.7 cm³/mol. The van der Waals surface area contributed by atoms with Crippen LogP contribution in [-0.4, -0.2) is 46.6 Å². The molecule has 1 fully saturated rings. The second-order valence-corrected chi connectivity index (χ2v) is 5.38. The molecule has 2 N–H and O–H groups in total. The summed E-state index contributed by atoms with van der Waals surface area (Å²) in [6.07, 6.45) is 2.14. The molecule has 3 heterocycles. The lowest BCUT2D eigenvalue weighted by atomic mass is 9.96. The van der Waals surface area contributed by atoms with E-state index in [-0.39, 0.29) is 24.1 Å². The van der Waals surface area contributed by atoms with Gasteiger partial charge >= 0.3 is 0 Å². The fourth-order valence-electron chi connectivity index (χ4n) is 3.10. The Morgan fingerprint density at radius 3 is 2.90 bits per heavy atom. The van der Waals surface area contributed by atoms with Crippen LogP contribution < -0.4 is 5.73 Å². The third-order valence-electron chi connectivity index (χ3n) is 4.22. The quantitative estimate of drug-likeness (QED) is 0.920. The Bertz CT molecular complexity index is 707. The molecular formula is C14H20N4O3. The van der Waals surface area contributed by atoms with E-state index in [0.29, 0.717) is 11.0 Å². The Morgan fingerprint density at radius 1 is 1.48 bits per heavy atom.